The molecule has 1 aliphatic rings. The van der Waals surface area contributed by atoms with E-state index in [-0.39, 0.29) is 12.1 Å². The third-order valence-corrected chi connectivity index (χ3v) is 6.39. The van der Waals surface area contributed by atoms with Crippen LogP contribution in [0.2, 0.25) is 0 Å². The Balaban J connectivity index is 1.87. The van der Waals surface area contributed by atoms with E-state index in [1.54, 1.807) is 0 Å². The van der Waals surface area contributed by atoms with Gasteiger partial charge in [0.15, 0.2) is 5.11 Å². The molecule has 3 heterocycles. The van der Waals surface area contributed by atoms with Crippen LogP contribution < -0.4 is 10.2 Å². The summed E-state index contributed by atoms with van der Waals surface area (Å²) >= 11 is 5.85. The van der Waals surface area contributed by atoms with Gasteiger partial charge in [0.1, 0.15) is 0 Å². The smallest absolute Gasteiger partial charge is 0.174 e. The fourth-order valence-corrected chi connectivity index (χ4v) is 5.08. The molecule has 1 fully saturated rings. The number of benzene rings is 1. The molecule has 0 radical (unpaired) electrons. The van der Waals surface area contributed by atoms with E-state index < -0.39 is 0 Å². The molecule has 0 amide bonds. The first-order chi connectivity index (χ1) is 14.4. The van der Waals surface area contributed by atoms with Crippen LogP contribution in [0.1, 0.15) is 67.1 Å². The minimum Gasteiger partial charge on any atom is -0.351 e. The highest BCUT2D eigenvalue weighted by Crippen LogP contribution is 2.43. The van der Waals surface area contributed by atoms with Crippen LogP contribution in [0.15, 0.2) is 54.7 Å². The van der Waals surface area contributed by atoms with Gasteiger partial charge in [0, 0.05) is 29.3 Å². The van der Waals surface area contributed by atoms with Gasteiger partial charge in [-0.25, -0.2) is 0 Å². The third kappa shape index (κ3) is 3.52. The highest BCUT2D eigenvalue weighted by atomic mass is 32.1. The summed E-state index contributed by atoms with van der Waals surface area (Å²) in [6.07, 6.45) is 2.88. The third-order valence-electron chi connectivity index (χ3n) is 6.08. The fourth-order valence-electron chi connectivity index (χ4n) is 4.74. The van der Waals surface area contributed by atoms with Crippen LogP contribution in [-0.2, 0) is 6.42 Å². The Morgan fingerprint density at radius 1 is 1.10 bits per heavy atom. The number of rotatable bonds is 5. The molecule has 1 saturated heterocycles. The first-order valence-corrected chi connectivity index (χ1v) is 11.1. The Morgan fingerprint density at radius 3 is 2.40 bits per heavy atom. The van der Waals surface area contributed by atoms with Crippen molar-refractivity contribution in [2.24, 2.45) is 0 Å². The van der Waals surface area contributed by atoms with Gasteiger partial charge in [-0.05, 0) is 87.8 Å². The van der Waals surface area contributed by atoms with Gasteiger partial charge in [-0.2, -0.15) is 0 Å². The Labute approximate surface area is 184 Å². The highest BCUT2D eigenvalue weighted by Gasteiger charge is 2.42. The largest absolute Gasteiger partial charge is 0.351 e. The van der Waals surface area contributed by atoms with Crippen LogP contribution in [0.25, 0.3) is 0 Å². The number of thiocarbonyl (C=S) groups is 1. The summed E-state index contributed by atoms with van der Waals surface area (Å²) in [5.41, 5.74) is 7.30. The van der Waals surface area contributed by atoms with Gasteiger partial charge in [0.25, 0.3) is 0 Å². The molecule has 5 heteroatoms. The topological polar surface area (TPSA) is 33.1 Å². The average Bonchev–Trinajstić information content (AvgIpc) is 3.24. The minimum absolute atomic E-state index is 0.00864. The molecule has 0 unspecified atom stereocenters. The van der Waals surface area contributed by atoms with E-state index in [4.69, 9.17) is 12.2 Å². The average molecular weight is 419 g/mol. The minimum atomic E-state index is -0.00864. The molecule has 2 atom stereocenters. The lowest BCUT2D eigenvalue weighted by molar-refractivity contribution is 0.547. The van der Waals surface area contributed by atoms with Gasteiger partial charge in [-0.3, -0.25) is 4.98 Å². The molecule has 156 valence electrons. The van der Waals surface area contributed by atoms with E-state index in [1.807, 2.05) is 18.3 Å². The summed E-state index contributed by atoms with van der Waals surface area (Å²) in [5.74, 6) is 0. The first-order valence-electron chi connectivity index (χ1n) is 10.7. The predicted molar refractivity (Wildman–Crippen MR) is 128 cm³/mol. The monoisotopic (exact) mass is 418 g/mol. The van der Waals surface area contributed by atoms with Crippen LogP contribution in [-0.4, -0.2) is 14.7 Å². The Kier molecular flexibility index (Phi) is 5.65. The molecule has 3 aromatic rings. The van der Waals surface area contributed by atoms with Crippen molar-refractivity contribution in [2.45, 2.75) is 59.2 Å². The van der Waals surface area contributed by atoms with Crippen molar-refractivity contribution in [3.05, 3.63) is 82.9 Å². The number of aromatic nitrogens is 2. The quantitative estimate of drug-likeness (QED) is 0.529. The highest BCUT2D eigenvalue weighted by molar-refractivity contribution is 7.80. The van der Waals surface area contributed by atoms with Gasteiger partial charge in [-0.1, -0.05) is 25.1 Å². The number of anilines is 1. The van der Waals surface area contributed by atoms with Gasteiger partial charge in [-0.15, -0.1) is 0 Å². The van der Waals surface area contributed by atoms with E-state index in [2.05, 4.69) is 90.8 Å². The molecule has 4 rings (SSSR count). The molecule has 4 nitrogen and oxygen atoms in total. The number of pyridine rings is 1. The predicted octanol–water partition coefficient (Wildman–Crippen LogP) is 5.82. The lowest BCUT2D eigenvalue weighted by Crippen LogP contribution is -2.29. The lowest BCUT2D eigenvalue weighted by Gasteiger charge is -2.28. The summed E-state index contributed by atoms with van der Waals surface area (Å²) in [4.78, 5) is 6.93. The van der Waals surface area contributed by atoms with Gasteiger partial charge in [0.2, 0.25) is 0 Å². The lowest BCUT2D eigenvalue weighted by atomic mass is 9.96. The second-order valence-corrected chi connectivity index (χ2v) is 8.69. The van der Waals surface area contributed by atoms with Crippen LogP contribution in [0, 0.1) is 13.8 Å². The Morgan fingerprint density at radius 2 is 1.83 bits per heavy atom. The fraction of sp³-hybridized carbons (Fsp3) is 0.360. The first kappa shape index (κ1) is 20.6. The van der Waals surface area contributed by atoms with E-state index in [0.717, 1.165) is 22.9 Å². The standard InChI is InChI=1S/C25H30N4S/c1-6-19-10-12-20(13-11-19)29-24(21-15-17(4)28(16(2)3)18(21)5)23(27-25(29)30)22-9-7-8-14-26-22/h7-16,23-24H,6H2,1-5H3,(H,27,30)/t23-,24-/m0/s1. The molecule has 0 saturated carbocycles. The number of hydrogen-bond acceptors (Lipinski definition) is 2. The maximum Gasteiger partial charge on any atom is 0.174 e. The molecule has 0 spiro atoms. The van der Waals surface area contributed by atoms with Crippen LogP contribution in [0.3, 0.4) is 0 Å². The summed E-state index contributed by atoms with van der Waals surface area (Å²) in [7, 11) is 0. The Bertz CT molecular complexity index is 1040. The van der Waals surface area contributed by atoms with Crippen molar-refractivity contribution in [1.29, 1.82) is 0 Å². The van der Waals surface area contributed by atoms with Crippen molar-refractivity contribution >= 4 is 23.0 Å². The van der Waals surface area contributed by atoms with Gasteiger partial charge < -0.3 is 14.8 Å². The van der Waals surface area contributed by atoms with Crippen LogP contribution in [0.5, 0.6) is 0 Å². The molecule has 1 N–H and O–H groups in total. The van der Waals surface area contributed by atoms with Crippen molar-refractivity contribution in [2.75, 3.05) is 4.90 Å². The molecule has 1 aliphatic heterocycles. The number of nitrogens with one attached hydrogen (secondary N) is 1. The summed E-state index contributed by atoms with van der Waals surface area (Å²) in [6.45, 7) is 11.1. The molecule has 2 aromatic heterocycles. The number of nitrogens with zero attached hydrogens (tertiary/aromatic N) is 3. The summed E-state index contributed by atoms with van der Waals surface area (Å²) in [5, 5.41) is 4.31. The number of aryl methyl sites for hydroxylation is 2. The maximum absolute atomic E-state index is 5.85. The zero-order valence-corrected chi connectivity index (χ0v) is 19.2. The SMILES string of the molecule is CCc1ccc(N2C(=S)N[C@@H](c3ccccn3)[C@@H]2c2cc(C)n(C(C)C)c2C)cc1. The van der Waals surface area contributed by atoms with Crippen molar-refractivity contribution in [3.8, 4) is 0 Å². The Hall–Kier alpha value is -2.66. The van der Waals surface area contributed by atoms with Crippen molar-refractivity contribution in [3.63, 3.8) is 0 Å². The normalized spacial score (nSPS) is 18.9. The van der Waals surface area contributed by atoms with Crippen LogP contribution >= 0.6 is 12.2 Å². The van der Waals surface area contributed by atoms with E-state index in [0.29, 0.717) is 6.04 Å². The second kappa shape index (κ2) is 8.23. The molecular weight excluding hydrogens is 388 g/mol. The van der Waals surface area contributed by atoms with E-state index >= 15 is 0 Å². The molecule has 30 heavy (non-hydrogen) atoms. The van der Waals surface area contributed by atoms with Gasteiger partial charge >= 0.3 is 0 Å². The molecule has 0 aliphatic carbocycles. The number of hydrogen-bond donors (Lipinski definition) is 1. The zero-order chi connectivity index (χ0) is 21.4. The van der Waals surface area contributed by atoms with Crippen LogP contribution in [0.4, 0.5) is 5.69 Å². The second-order valence-electron chi connectivity index (χ2n) is 8.31. The van der Waals surface area contributed by atoms with Gasteiger partial charge in [0.05, 0.1) is 17.8 Å². The summed E-state index contributed by atoms with van der Waals surface area (Å²) < 4.78 is 2.41. The van der Waals surface area contributed by atoms with Crippen molar-refractivity contribution in [1.82, 2.24) is 14.9 Å². The maximum atomic E-state index is 5.85. The zero-order valence-electron chi connectivity index (χ0n) is 18.4. The van der Waals surface area contributed by atoms with Crippen molar-refractivity contribution < 1.29 is 0 Å². The molecule has 0 bridgehead atoms. The summed E-state index contributed by atoms with van der Waals surface area (Å²) in [6, 6.07) is 17.6. The van der Waals surface area contributed by atoms with E-state index in [1.165, 1.54) is 22.5 Å². The molecular formula is C25H30N4S. The van der Waals surface area contributed by atoms with E-state index in [9.17, 15) is 0 Å². The molecule has 1 aromatic carbocycles.